The number of rotatable bonds is 6. The highest BCUT2D eigenvalue weighted by molar-refractivity contribution is 5.76. The Morgan fingerprint density at radius 2 is 2.10 bits per heavy atom. The Hall–Kier alpha value is -1.36. The molecule has 0 unspecified atom stereocenters. The van der Waals surface area contributed by atoms with Gasteiger partial charge in [0.15, 0.2) is 0 Å². The lowest BCUT2D eigenvalue weighted by Gasteiger charge is -2.16. The van der Waals surface area contributed by atoms with Crippen LogP contribution in [-0.4, -0.2) is 35.1 Å². The lowest BCUT2D eigenvalue weighted by molar-refractivity contribution is -0.122. The van der Waals surface area contributed by atoms with Crippen molar-refractivity contribution < 1.29 is 4.79 Å². The first-order valence-electron chi connectivity index (χ1n) is 7.72. The molecule has 2 N–H and O–H groups in total. The number of amides is 1. The zero-order valence-corrected chi connectivity index (χ0v) is 12.4. The fraction of sp³-hybridized carbons (Fsp3) is 0.733. The third-order valence-electron chi connectivity index (χ3n) is 3.86. The Morgan fingerprint density at radius 1 is 1.35 bits per heavy atom. The van der Waals surface area contributed by atoms with Gasteiger partial charge in [-0.1, -0.05) is 25.7 Å². The van der Waals surface area contributed by atoms with E-state index in [0.29, 0.717) is 12.6 Å². The lowest BCUT2D eigenvalue weighted by Crippen LogP contribution is -2.36. The van der Waals surface area contributed by atoms with Crippen LogP contribution in [0, 0.1) is 0 Å². The minimum Gasteiger partial charge on any atom is -0.352 e. The summed E-state index contributed by atoms with van der Waals surface area (Å²) in [5, 5.41) is 6.26. The van der Waals surface area contributed by atoms with Gasteiger partial charge in [0.2, 0.25) is 5.91 Å². The Bertz CT molecular complexity index is 408. The number of carbonyl (C=O) groups excluding carboxylic acids is 1. The molecule has 0 spiro atoms. The standard InChI is InChI=1S/C15H26N4O/c1-16-9-8-14-10-19(12-17-14)11-15(20)18-13-6-4-2-3-5-7-13/h10,12-13,16H,2-9,11H2,1H3,(H,18,20). The summed E-state index contributed by atoms with van der Waals surface area (Å²) in [7, 11) is 1.93. The Kier molecular flexibility index (Phi) is 6.05. The number of hydrogen-bond donors (Lipinski definition) is 2. The molecule has 1 heterocycles. The van der Waals surface area contributed by atoms with Crippen LogP contribution in [0.4, 0.5) is 0 Å². The molecule has 2 rings (SSSR count). The molecule has 0 aromatic carbocycles. The third-order valence-corrected chi connectivity index (χ3v) is 3.86. The van der Waals surface area contributed by atoms with Gasteiger partial charge in [0.25, 0.3) is 0 Å². The monoisotopic (exact) mass is 278 g/mol. The fourth-order valence-corrected chi connectivity index (χ4v) is 2.74. The normalized spacial score (nSPS) is 16.9. The summed E-state index contributed by atoms with van der Waals surface area (Å²) in [5.41, 5.74) is 1.03. The summed E-state index contributed by atoms with van der Waals surface area (Å²) < 4.78 is 1.87. The van der Waals surface area contributed by atoms with Gasteiger partial charge in [-0.3, -0.25) is 4.79 Å². The first kappa shape index (κ1) is 15.0. The SMILES string of the molecule is CNCCc1cn(CC(=O)NC2CCCCCC2)cn1. The van der Waals surface area contributed by atoms with Gasteiger partial charge in [-0.2, -0.15) is 0 Å². The Morgan fingerprint density at radius 3 is 2.80 bits per heavy atom. The third kappa shape index (κ3) is 4.96. The highest BCUT2D eigenvalue weighted by Gasteiger charge is 2.14. The largest absolute Gasteiger partial charge is 0.352 e. The van der Waals surface area contributed by atoms with Crippen molar-refractivity contribution in [3.8, 4) is 0 Å². The molecule has 112 valence electrons. The minimum absolute atomic E-state index is 0.106. The molecule has 1 aromatic rings. The maximum Gasteiger partial charge on any atom is 0.240 e. The quantitative estimate of drug-likeness (QED) is 0.775. The molecule has 0 radical (unpaired) electrons. The van der Waals surface area contributed by atoms with Crippen LogP contribution in [0.2, 0.25) is 0 Å². The second kappa shape index (κ2) is 8.04. The fourth-order valence-electron chi connectivity index (χ4n) is 2.74. The molecule has 0 saturated heterocycles. The molecule has 1 aromatic heterocycles. The zero-order valence-electron chi connectivity index (χ0n) is 12.4. The maximum atomic E-state index is 12.0. The molecule has 0 atom stereocenters. The predicted molar refractivity (Wildman–Crippen MR) is 79.5 cm³/mol. The van der Waals surface area contributed by atoms with E-state index < -0.39 is 0 Å². The highest BCUT2D eigenvalue weighted by Crippen LogP contribution is 2.17. The van der Waals surface area contributed by atoms with E-state index in [9.17, 15) is 4.79 Å². The molecular weight excluding hydrogens is 252 g/mol. The molecule has 0 bridgehead atoms. The molecule has 5 heteroatoms. The van der Waals surface area contributed by atoms with Crippen molar-refractivity contribution in [2.75, 3.05) is 13.6 Å². The molecule has 1 aliphatic rings. The second-order valence-corrected chi connectivity index (χ2v) is 5.65. The second-order valence-electron chi connectivity index (χ2n) is 5.65. The molecule has 20 heavy (non-hydrogen) atoms. The van der Waals surface area contributed by atoms with Crippen molar-refractivity contribution in [3.63, 3.8) is 0 Å². The number of nitrogens with zero attached hydrogens (tertiary/aromatic N) is 2. The van der Waals surface area contributed by atoms with E-state index in [2.05, 4.69) is 15.6 Å². The van der Waals surface area contributed by atoms with Gasteiger partial charge in [-0.15, -0.1) is 0 Å². The van der Waals surface area contributed by atoms with Crippen molar-refractivity contribution in [3.05, 3.63) is 18.2 Å². The molecule has 1 amide bonds. The van der Waals surface area contributed by atoms with E-state index >= 15 is 0 Å². The van der Waals surface area contributed by atoms with Crippen LogP contribution in [0.1, 0.15) is 44.2 Å². The summed E-state index contributed by atoms with van der Waals surface area (Å²) in [6, 6.07) is 0.372. The summed E-state index contributed by atoms with van der Waals surface area (Å²) in [6.45, 7) is 1.29. The number of hydrogen-bond acceptors (Lipinski definition) is 3. The van der Waals surface area contributed by atoms with Gasteiger partial charge in [0, 0.05) is 25.2 Å². The van der Waals surface area contributed by atoms with Crippen LogP contribution in [0.3, 0.4) is 0 Å². The maximum absolute atomic E-state index is 12.0. The summed E-state index contributed by atoms with van der Waals surface area (Å²) >= 11 is 0. The Balaban J connectivity index is 1.76. The van der Waals surface area contributed by atoms with Crippen molar-refractivity contribution in [2.45, 2.75) is 57.5 Å². The van der Waals surface area contributed by atoms with Gasteiger partial charge >= 0.3 is 0 Å². The van der Waals surface area contributed by atoms with E-state index in [1.807, 2.05) is 17.8 Å². The summed E-state index contributed by atoms with van der Waals surface area (Å²) in [5.74, 6) is 0.106. The van der Waals surface area contributed by atoms with Crippen LogP contribution < -0.4 is 10.6 Å². The highest BCUT2D eigenvalue weighted by atomic mass is 16.2. The molecule has 0 aliphatic heterocycles. The van der Waals surface area contributed by atoms with E-state index in [1.54, 1.807) is 6.33 Å². The van der Waals surface area contributed by atoms with Crippen molar-refractivity contribution >= 4 is 5.91 Å². The first-order valence-corrected chi connectivity index (χ1v) is 7.72. The van der Waals surface area contributed by atoms with Crippen LogP contribution in [0.25, 0.3) is 0 Å². The van der Waals surface area contributed by atoms with E-state index in [0.717, 1.165) is 31.5 Å². The van der Waals surface area contributed by atoms with E-state index in [-0.39, 0.29) is 5.91 Å². The van der Waals surface area contributed by atoms with Gasteiger partial charge < -0.3 is 15.2 Å². The van der Waals surface area contributed by atoms with Gasteiger partial charge in [-0.05, 0) is 19.9 Å². The lowest BCUT2D eigenvalue weighted by atomic mass is 10.1. The molecule has 1 saturated carbocycles. The van der Waals surface area contributed by atoms with E-state index in [4.69, 9.17) is 0 Å². The molecule has 1 fully saturated rings. The zero-order chi connectivity index (χ0) is 14.2. The molecule has 5 nitrogen and oxygen atoms in total. The number of nitrogens with one attached hydrogen (secondary N) is 2. The molecule has 1 aliphatic carbocycles. The average Bonchev–Trinajstić information content (AvgIpc) is 2.70. The van der Waals surface area contributed by atoms with Crippen molar-refractivity contribution in [2.24, 2.45) is 0 Å². The smallest absolute Gasteiger partial charge is 0.240 e. The van der Waals surface area contributed by atoms with Crippen LogP contribution in [-0.2, 0) is 17.8 Å². The van der Waals surface area contributed by atoms with Crippen LogP contribution in [0.5, 0.6) is 0 Å². The topological polar surface area (TPSA) is 59.0 Å². The minimum atomic E-state index is 0.106. The van der Waals surface area contributed by atoms with Crippen LogP contribution in [0.15, 0.2) is 12.5 Å². The van der Waals surface area contributed by atoms with E-state index in [1.165, 1.54) is 25.7 Å². The summed E-state index contributed by atoms with van der Waals surface area (Å²) in [6.07, 6.45) is 12.0. The van der Waals surface area contributed by atoms with Gasteiger partial charge in [-0.25, -0.2) is 4.98 Å². The average molecular weight is 278 g/mol. The predicted octanol–water partition coefficient (Wildman–Crippen LogP) is 1.48. The number of carbonyl (C=O) groups is 1. The van der Waals surface area contributed by atoms with Crippen molar-refractivity contribution in [1.29, 1.82) is 0 Å². The number of likely N-dealkylation sites (N-methyl/N-ethyl adjacent to an activating group) is 1. The van der Waals surface area contributed by atoms with Gasteiger partial charge in [0.05, 0.1) is 12.0 Å². The number of aromatic nitrogens is 2. The van der Waals surface area contributed by atoms with Gasteiger partial charge in [0.1, 0.15) is 6.54 Å². The Labute approximate surface area is 121 Å². The first-order chi connectivity index (χ1) is 9.78. The van der Waals surface area contributed by atoms with Crippen LogP contribution >= 0.6 is 0 Å². The number of imidazole rings is 1. The molecular formula is C15H26N4O. The van der Waals surface area contributed by atoms with Crippen molar-refractivity contribution in [1.82, 2.24) is 20.2 Å². The summed E-state index contributed by atoms with van der Waals surface area (Å²) in [4.78, 5) is 16.4.